The summed E-state index contributed by atoms with van der Waals surface area (Å²) in [5.74, 6) is -1.47. The second-order valence-corrected chi connectivity index (χ2v) is 3.94. The quantitative estimate of drug-likeness (QED) is 0.594. The van der Waals surface area contributed by atoms with Gasteiger partial charge in [-0.2, -0.15) is 0 Å². The zero-order valence-corrected chi connectivity index (χ0v) is 9.36. The average Bonchev–Trinajstić information content (AvgIpc) is 2.15. The standard InChI is InChI=1S/C10H19NO4/c1-6(2)7(3)9(13)11-8(4-5-12)10(14)15/h6-8,12H,4-5H2,1-3H3,(H,11,13)(H,14,15)/t7?,8-/m1/s1. The topological polar surface area (TPSA) is 86.6 Å². The van der Waals surface area contributed by atoms with Crippen LogP contribution in [-0.4, -0.2) is 34.7 Å². The zero-order chi connectivity index (χ0) is 12.0. The number of carbonyl (C=O) groups excluding carboxylic acids is 1. The molecule has 5 heteroatoms. The number of nitrogens with one attached hydrogen (secondary N) is 1. The Bertz CT molecular complexity index is 227. The number of aliphatic hydroxyl groups is 1. The van der Waals surface area contributed by atoms with Gasteiger partial charge in [-0.15, -0.1) is 0 Å². The minimum absolute atomic E-state index is 0.0336. The molecule has 15 heavy (non-hydrogen) atoms. The second-order valence-electron chi connectivity index (χ2n) is 3.94. The summed E-state index contributed by atoms with van der Waals surface area (Å²) in [5, 5.41) is 19.8. The van der Waals surface area contributed by atoms with E-state index in [4.69, 9.17) is 10.2 Å². The maximum Gasteiger partial charge on any atom is 0.326 e. The Morgan fingerprint density at radius 1 is 1.27 bits per heavy atom. The predicted octanol–water partition coefficient (Wildman–Crippen LogP) is 0.230. The van der Waals surface area contributed by atoms with Crippen molar-refractivity contribution in [1.82, 2.24) is 5.32 Å². The third kappa shape index (κ3) is 4.78. The largest absolute Gasteiger partial charge is 0.480 e. The van der Waals surface area contributed by atoms with Gasteiger partial charge < -0.3 is 15.5 Å². The van der Waals surface area contributed by atoms with Crippen LogP contribution >= 0.6 is 0 Å². The molecule has 0 aromatic rings. The number of hydrogen-bond acceptors (Lipinski definition) is 3. The molecule has 3 N–H and O–H groups in total. The van der Waals surface area contributed by atoms with Crippen molar-refractivity contribution in [3.63, 3.8) is 0 Å². The maximum absolute atomic E-state index is 11.5. The van der Waals surface area contributed by atoms with Gasteiger partial charge in [0, 0.05) is 18.9 Å². The van der Waals surface area contributed by atoms with Crippen LogP contribution in [0.15, 0.2) is 0 Å². The van der Waals surface area contributed by atoms with Crippen molar-refractivity contribution in [3.05, 3.63) is 0 Å². The van der Waals surface area contributed by atoms with Gasteiger partial charge in [0.05, 0.1) is 0 Å². The summed E-state index contributed by atoms with van der Waals surface area (Å²) in [7, 11) is 0. The number of hydrogen-bond donors (Lipinski definition) is 3. The normalized spacial score (nSPS) is 14.7. The van der Waals surface area contributed by atoms with Gasteiger partial charge in [0.2, 0.25) is 5.91 Å². The highest BCUT2D eigenvalue weighted by Crippen LogP contribution is 2.09. The Morgan fingerprint density at radius 2 is 1.80 bits per heavy atom. The first-order chi connectivity index (χ1) is 6.90. The van der Waals surface area contributed by atoms with Gasteiger partial charge in [-0.05, 0) is 5.92 Å². The van der Waals surface area contributed by atoms with Crippen LogP contribution in [0.3, 0.4) is 0 Å². The first-order valence-electron chi connectivity index (χ1n) is 5.04. The van der Waals surface area contributed by atoms with Crippen LogP contribution in [0.25, 0.3) is 0 Å². The molecule has 5 nitrogen and oxygen atoms in total. The molecule has 88 valence electrons. The van der Waals surface area contributed by atoms with Gasteiger partial charge in [0.25, 0.3) is 0 Å². The summed E-state index contributed by atoms with van der Waals surface area (Å²) >= 11 is 0. The van der Waals surface area contributed by atoms with Crippen LogP contribution in [-0.2, 0) is 9.59 Å². The van der Waals surface area contributed by atoms with E-state index in [2.05, 4.69) is 5.32 Å². The van der Waals surface area contributed by atoms with E-state index in [-0.39, 0.29) is 30.8 Å². The molecule has 0 aliphatic rings. The smallest absolute Gasteiger partial charge is 0.326 e. The van der Waals surface area contributed by atoms with Crippen molar-refractivity contribution in [3.8, 4) is 0 Å². The molecule has 0 fully saturated rings. The molecule has 1 amide bonds. The molecule has 0 aromatic carbocycles. The number of aliphatic hydroxyl groups excluding tert-OH is 1. The van der Waals surface area contributed by atoms with Crippen LogP contribution in [0.2, 0.25) is 0 Å². The Morgan fingerprint density at radius 3 is 2.13 bits per heavy atom. The molecule has 0 heterocycles. The van der Waals surface area contributed by atoms with Crippen LogP contribution in [0.5, 0.6) is 0 Å². The summed E-state index contributed by atoms with van der Waals surface area (Å²) in [6.07, 6.45) is 0.0336. The number of rotatable bonds is 6. The van der Waals surface area contributed by atoms with E-state index < -0.39 is 12.0 Å². The Labute approximate surface area is 89.5 Å². The third-order valence-electron chi connectivity index (χ3n) is 2.45. The number of amides is 1. The van der Waals surface area contributed by atoms with Crippen LogP contribution in [0.1, 0.15) is 27.2 Å². The third-order valence-corrected chi connectivity index (χ3v) is 2.45. The van der Waals surface area contributed by atoms with E-state index in [1.54, 1.807) is 6.92 Å². The van der Waals surface area contributed by atoms with E-state index >= 15 is 0 Å². The van der Waals surface area contributed by atoms with Gasteiger partial charge in [0.1, 0.15) is 6.04 Å². The fourth-order valence-corrected chi connectivity index (χ4v) is 0.992. The van der Waals surface area contributed by atoms with Gasteiger partial charge in [0.15, 0.2) is 0 Å². The molecule has 0 spiro atoms. The van der Waals surface area contributed by atoms with Crippen molar-refractivity contribution in [2.24, 2.45) is 11.8 Å². The van der Waals surface area contributed by atoms with Crippen molar-refractivity contribution in [2.45, 2.75) is 33.2 Å². The first kappa shape index (κ1) is 13.9. The van der Waals surface area contributed by atoms with Gasteiger partial charge in [-0.1, -0.05) is 20.8 Å². The monoisotopic (exact) mass is 217 g/mol. The lowest BCUT2D eigenvalue weighted by atomic mass is 9.97. The Hall–Kier alpha value is -1.10. The molecule has 0 aliphatic heterocycles. The molecule has 0 saturated carbocycles. The summed E-state index contributed by atoms with van der Waals surface area (Å²) in [5.41, 5.74) is 0. The van der Waals surface area contributed by atoms with Gasteiger partial charge in [-0.25, -0.2) is 4.79 Å². The molecule has 0 saturated heterocycles. The molecular weight excluding hydrogens is 198 g/mol. The lowest BCUT2D eigenvalue weighted by molar-refractivity contribution is -0.143. The molecule has 0 bridgehead atoms. The van der Waals surface area contributed by atoms with Crippen LogP contribution in [0, 0.1) is 11.8 Å². The Kier molecular flexibility index (Phi) is 5.93. The highest BCUT2D eigenvalue weighted by molar-refractivity contribution is 5.84. The molecule has 0 rings (SSSR count). The summed E-state index contributed by atoms with van der Waals surface area (Å²) in [4.78, 5) is 22.2. The fraction of sp³-hybridized carbons (Fsp3) is 0.800. The summed E-state index contributed by atoms with van der Waals surface area (Å²) in [6, 6.07) is -0.997. The summed E-state index contributed by atoms with van der Waals surface area (Å²) < 4.78 is 0. The lowest BCUT2D eigenvalue weighted by Gasteiger charge is -2.19. The second kappa shape index (κ2) is 6.40. The SMILES string of the molecule is CC(C)C(C)C(=O)N[C@H](CCO)C(=O)O. The molecule has 0 radical (unpaired) electrons. The predicted molar refractivity (Wildman–Crippen MR) is 55.3 cm³/mol. The van der Waals surface area contributed by atoms with Crippen LogP contribution < -0.4 is 5.32 Å². The minimum Gasteiger partial charge on any atom is -0.480 e. The van der Waals surface area contributed by atoms with E-state index in [0.29, 0.717) is 0 Å². The first-order valence-corrected chi connectivity index (χ1v) is 5.04. The molecule has 0 aliphatic carbocycles. The molecule has 1 unspecified atom stereocenters. The van der Waals surface area contributed by atoms with E-state index in [9.17, 15) is 9.59 Å². The molecule has 2 atom stereocenters. The van der Waals surface area contributed by atoms with Gasteiger partial charge >= 0.3 is 5.97 Å². The zero-order valence-electron chi connectivity index (χ0n) is 9.36. The lowest BCUT2D eigenvalue weighted by Crippen LogP contribution is -2.44. The molecule has 0 aromatic heterocycles. The number of aliphatic carboxylic acids is 1. The van der Waals surface area contributed by atoms with E-state index in [1.807, 2.05) is 13.8 Å². The fourth-order valence-electron chi connectivity index (χ4n) is 0.992. The maximum atomic E-state index is 11.5. The highest BCUT2D eigenvalue weighted by Gasteiger charge is 2.23. The van der Waals surface area contributed by atoms with Crippen molar-refractivity contribution in [1.29, 1.82) is 0 Å². The van der Waals surface area contributed by atoms with Crippen molar-refractivity contribution < 1.29 is 19.8 Å². The highest BCUT2D eigenvalue weighted by atomic mass is 16.4. The average molecular weight is 217 g/mol. The molecular formula is C10H19NO4. The number of carboxylic acid groups (broad SMARTS) is 1. The van der Waals surface area contributed by atoms with E-state index in [1.165, 1.54) is 0 Å². The Balaban J connectivity index is 4.28. The van der Waals surface area contributed by atoms with E-state index in [0.717, 1.165) is 0 Å². The van der Waals surface area contributed by atoms with Crippen molar-refractivity contribution in [2.75, 3.05) is 6.61 Å². The van der Waals surface area contributed by atoms with Crippen molar-refractivity contribution >= 4 is 11.9 Å². The number of carboxylic acids is 1. The minimum atomic E-state index is -1.12. The summed E-state index contributed by atoms with van der Waals surface area (Å²) in [6.45, 7) is 5.28. The van der Waals surface area contributed by atoms with Gasteiger partial charge in [-0.3, -0.25) is 4.79 Å². The number of carbonyl (C=O) groups is 2. The van der Waals surface area contributed by atoms with Crippen LogP contribution in [0.4, 0.5) is 0 Å².